The van der Waals surface area contributed by atoms with Crippen LogP contribution in [0.4, 0.5) is 0 Å². The maximum Gasteiger partial charge on any atom is 0.244 e. The average molecular weight is 239 g/mol. The molecular formula is C12H21N3O2. The second kappa shape index (κ2) is 5.14. The van der Waals surface area contributed by atoms with E-state index in [1.807, 2.05) is 6.92 Å². The molecule has 1 unspecified atom stereocenters. The molecule has 2 rings (SSSR count). The molecule has 1 N–H and O–H groups in total. The van der Waals surface area contributed by atoms with E-state index in [4.69, 9.17) is 9.26 Å². The fourth-order valence-corrected chi connectivity index (χ4v) is 2.27. The van der Waals surface area contributed by atoms with Crippen LogP contribution in [0.15, 0.2) is 4.52 Å². The number of rotatable bonds is 4. The molecule has 0 spiro atoms. The largest absolute Gasteiger partial charge is 0.374 e. The Hall–Kier alpha value is -0.940. The van der Waals surface area contributed by atoms with Gasteiger partial charge in [0, 0.05) is 6.61 Å². The van der Waals surface area contributed by atoms with E-state index in [0.29, 0.717) is 24.9 Å². The molecule has 96 valence electrons. The van der Waals surface area contributed by atoms with Gasteiger partial charge in [0.2, 0.25) is 5.89 Å². The molecule has 1 fully saturated rings. The summed E-state index contributed by atoms with van der Waals surface area (Å²) in [5, 5.41) is 7.40. The molecule has 0 aromatic carbocycles. The lowest BCUT2D eigenvalue weighted by Crippen LogP contribution is -2.39. The first kappa shape index (κ1) is 12.5. The van der Waals surface area contributed by atoms with Crippen molar-refractivity contribution in [3.05, 3.63) is 11.7 Å². The fourth-order valence-electron chi connectivity index (χ4n) is 2.27. The van der Waals surface area contributed by atoms with E-state index in [1.54, 1.807) is 0 Å². The van der Waals surface area contributed by atoms with Crippen LogP contribution in [-0.4, -0.2) is 23.3 Å². The van der Waals surface area contributed by atoms with Crippen LogP contribution in [0.3, 0.4) is 0 Å². The van der Waals surface area contributed by atoms with E-state index in [-0.39, 0.29) is 11.5 Å². The zero-order chi connectivity index (χ0) is 12.3. The summed E-state index contributed by atoms with van der Waals surface area (Å²) < 4.78 is 10.6. The fraction of sp³-hybridized carbons (Fsp3) is 0.833. The predicted molar refractivity (Wildman–Crippen MR) is 63.4 cm³/mol. The third-order valence-electron chi connectivity index (χ3n) is 3.29. The summed E-state index contributed by atoms with van der Waals surface area (Å²) in [6.07, 6.45) is 2.37. The Bertz CT molecular complexity index is 362. The van der Waals surface area contributed by atoms with Crippen LogP contribution in [0.25, 0.3) is 0 Å². The summed E-state index contributed by atoms with van der Waals surface area (Å²) in [5.74, 6) is 1.31. The number of aromatic nitrogens is 2. The number of ether oxygens (including phenoxy) is 1. The molecule has 5 nitrogen and oxygen atoms in total. The van der Waals surface area contributed by atoms with Gasteiger partial charge in [-0.3, -0.25) is 0 Å². The smallest absolute Gasteiger partial charge is 0.244 e. The molecule has 0 aliphatic carbocycles. The van der Waals surface area contributed by atoms with Crippen LogP contribution in [0.2, 0.25) is 0 Å². The number of hydrogen-bond donors (Lipinski definition) is 1. The minimum atomic E-state index is 0.152. The molecule has 1 saturated heterocycles. The third-order valence-corrected chi connectivity index (χ3v) is 3.29. The average Bonchev–Trinajstić information content (AvgIpc) is 2.74. The van der Waals surface area contributed by atoms with Crippen molar-refractivity contribution in [1.29, 1.82) is 0 Å². The van der Waals surface area contributed by atoms with Crippen LogP contribution in [0, 0.1) is 5.41 Å². The van der Waals surface area contributed by atoms with Crippen molar-refractivity contribution in [3.63, 3.8) is 0 Å². The van der Waals surface area contributed by atoms with Gasteiger partial charge in [0.15, 0.2) is 5.82 Å². The highest BCUT2D eigenvalue weighted by atomic mass is 16.5. The van der Waals surface area contributed by atoms with Crippen LogP contribution < -0.4 is 5.32 Å². The molecular weight excluding hydrogens is 218 g/mol. The van der Waals surface area contributed by atoms with Crippen molar-refractivity contribution in [2.75, 3.05) is 13.2 Å². The first-order valence-electron chi connectivity index (χ1n) is 6.27. The first-order valence-corrected chi connectivity index (χ1v) is 6.27. The first-order chi connectivity index (χ1) is 8.13. The highest BCUT2D eigenvalue weighted by molar-refractivity contribution is 5.00. The third kappa shape index (κ3) is 2.84. The molecule has 17 heavy (non-hydrogen) atoms. The second-order valence-corrected chi connectivity index (χ2v) is 5.17. The lowest BCUT2D eigenvalue weighted by molar-refractivity contribution is 0.126. The Balaban J connectivity index is 2.07. The minimum absolute atomic E-state index is 0.152. The van der Waals surface area contributed by atoms with Gasteiger partial charge in [0.05, 0.1) is 6.04 Å². The Kier molecular flexibility index (Phi) is 3.79. The number of nitrogens with one attached hydrogen (secondary N) is 1. The van der Waals surface area contributed by atoms with Crippen molar-refractivity contribution in [2.45, 2.75) is 46.3 Å². The van der Waals surface area contributed by atoms with Crippen LogP contribution in [0.5, 0.6) is 0 Å². The second-order valence-electron chi connectivity index (χ2n) is 5.17. The van der Waals surface area contributed by atoms with Gasteiger partial charge in [-0.05, 0) is 31.7 Å². The zero-order valence-electron chi connectivity index (χ0n) is 10.8. The van der Waals surface area contributed by atoms with Crippen molar-refractivity contribution in [3.8, 4) is 0 Å². The van der Waals surface area contributed by atoms with E-state index >= 15 is 0 Å². The summed E-state index contributed by atoms with van der Waals surface area (Å²) in [4.78, 5) is 4.40. The molecule has 0 amide bonds. The molecule has 0 radical (unpaired) electrons. The monoisotopic (exact) mass is 239 g/mol. The Morgan fingerprint density at radius 1 is 1.53 bits per heavy atom. The number of hydrogen-bond acceptors (Lipinski definition) is 5. The quantitative estimate of drug-likeness (QED) is 0.871. The zero-order valence-corrected chi connectivity index (χ0v) is 10.8. The number of nitrogens with zero attached hydrogens (tertiary/aromatic N) is 2. The summed E-state index contributed by atoms with van der Waals surface area (Å²) >= 11 is 0. The Morgan fingerprint density at radius 2 is 2.35 bits per heavy atom. The summed E-state index contributed by atoms with van der Waals surface area (Å²) in [5.41, 5.74) is 0.160. The molecule has 1 atom stereocenters. The van der Waals surface area contributed by atoms with Gasteiger partial charge in [0.25, 0.3) is 0 Å². The Morgan fingerprint density at radius 3 is 3.06 bits per heavy atom. The van der Waals surface area contributed by atoms with Gasteiger partial charge in [-0.1, -0.05) is 19.0 Å². The van der Waals surface area contributed by atoms with Gasteiger partial charge in [-0.25, -0.2) is 0 Å². The van der Waals surface area contributed by atoms with Gasteiger partial charge < -0.3 is 14.6 Å². The van der Waals surface area contributed by atoms with Crippen molar-refractivity contribution < 1.29 is 9.26 Å². The summed E-state index contributed by atoms with van der Waals surface area (Å²) in [6, 6.07) is 0.152. The van der Waals surface area contributed by atoms with Crippen molar-refractivity contribution in [1.82, 2.24) is 15.5 Å². The molecule has 5 heteroatoms. The highest BCUT2D eigenvalue weighted by Gasteiger charge is 2.36. The topological polar surface area (TPSA) is 60.2 Å². The normalized spacial score (nSPS) is 23.8. The van der Waals surface area contributed by atoms with Crippen molar-refractivity contribution >= 4 is 0 Å². The SMILES string of the molecule is CCOCc1noc(C2NCCCC2(C)C)n1. The molecule has 1 aliphatic heterocycles. The van der Waals surface area contributed by atoms with E-state index in [2.05, 4.69) is 29.3 Å². The molecule has 1 aliphatic rings. The van der Waals surface area contributed by atoms with Gasteiger partial charge in [-0.2, -0.15) is 4.98 Å². The lowest BCUT2D eigenvalue weighted by Gasteiger charge is -2.36. The maximum absolute atomic E-state index is 5.33. The standard InChI is InChI=1S/C12H21N3O2/c1-4-16-8-9-14-11(17-15-9)10-12(2,3)6-5-7-13-10/h10,13H,4-8H2,1-3H3. The minimum Gasteiger partial charge on any atom is -0.374 e. The highest BCUT2D eigenvalue weighted by Crippen LogP contribution is 2.39. The summed E-state index contributed by atoms with van der Waals surface area (Å²) in [6.45, 7) is 8.51. The predicted octanol–water partition coefficient (Wildman–Crippen LogP) is 2.06. The van der Waals surface area contributed by atoms with Gasteiger partial charge in [0.1, 0.15) is 6.61 Å². The van der Waals surface area contributed by atoms with E-state index in [0.717, 1.165) is 6.54 Å². The summed E-state index contributed by atoms with van der Waals surface area (Å²) in [7, 11) is 0. The lowest BCUT2D eigenvalue weighted by atomic mass is 9.77. The Labute approximate surface area is 102 Å². The molecule has 0 saturated carbocycles. The van der Waals surface area contributed by atoms with Crippen LogP contribution in [0.1, 0.15) is 51.4 Å². The van der Waals surface area contributed by atoms with Gasteiger partial charge >= 0.3 is 0 Å². The van der Waals surface area contributed by atoms with E-state index in [1.165, 1.54) is 12.8 Å². The van der Waals surface area contributed by atoms with Crippen LogP contribution in [-0.2, 0) is 11.3 Å². The maximum atomic E-state index is 5.33. The molecule has 1 aromatic heterocycles. The molecule has 2 heterocycles. The van der Waals surface area contributed by atoms with Gasteiger partial charge in [-0.15, -0.1) is 0 Å². The number of piperidine rings is 1. The van der Waals surface area contributed by atoms with E-state index in [9.17, 15) is 0 Å². The molecule has 1 aromatic rings. The molecule has 0 bridgehead atoms. The van der Waals surface area contributed by atoms with Crippen LogP contribution >= 0.6 is 0 Å². The van der Waals surface area contributed by atoms with E-state index < -0.39 is 0 Å². The van der Waals surface area contributed by atoms with Crippen molar-refractivity contribution in [2.24, 2.45) is 5.41 Å².